The van der Waals surface area contributed by atoms with E-state index in [1.165, 1.54) is 71.0 Å². The summed E-state index contributed by atoms with van der Waals surface area (Å²) in [5.74, 6) is 1.26. The van der Waals surface area contributed by atoms with Crippen LogP contribution in [0.2, 0.25) is 0 Å². The number of nitrogens with zero attached hydrogens (tertiary/aromatic N) is 11. The largest absolute Gasteiger partial charge is 0.309 e. The van der Waals surface area contributed by atoms with E-state index in [1.807, 2.05) is 109 Å². The lowest BCUT2D eigenvalue weighted by atomic mass is 10.00. The van der Waals surface area contributed by atoms with Gasteiger partial charge in [-0.05, 0) is 145 Å². The van der Waals surface area contributed by atoms with Gasteiger partial charge in [-0.2, -0.15) is 0 Å². The van der Waals surface area contributed by atoms with Crippen molar-refractivity contribution in [1.82, 2.24) is 53.6 Å². The van der Waals surface area contributed by atoms with E-state index in [2.05, 4.69) is 308 Å². The number of aromatic nitrogens is 11. The van der Waals surface area contributed by atoms with Gasteiger partial charge in [0.1, 0.15) is 5.69 Å². The molecule has 0 unspecified atom stereocenters. The first-order valence-electron chi connectivity index (χ1n) is 37.0. The average molecular weight is 1420 g/mol. The van der Waals surface area contributed by atoms with E-state index in [9.17, 15) is 0 Å². The number of fused-ring (bicyclic) bond motifs is 9. The van der Waals surface area contributed by atoms with Crippen molar-refractivity contribution in [2.75, 3.05) is 0 Å². The quantitative estimate of drug-likeness (QED) is 0.119. The molecule has 0 saturated heterocycles. The van der Waals surface area contributed by atoms with Crippen LogP contribution in [0, 0.1) is 0 Å². The molecule has 0 aliphatic rings. The number of hydrogen-bond acceptors (Lipinski definition) is 8. The third-order valence-electron chi connectivity index (χ3n) is 20.2. The summed E-state index contributed by atoms with van der Waals surface area (Å²) in [6.45, 7) is 0. The number of benzene rings is 12. The van der Waals surface area contributed by atoms with Gasteiger partial charge in [0.2, 0.25) is 0 Å². The van der Waals surface area contributed by atoms with E-state index < -0.39 is 0 Å². The Morgan fingerprint density at radius 3 is 0.757 bits per heavy atom. The fourth-order valence-electron chi connectivity index (χ4n) is 15.0. The van der Waals surface area contributed by atoms with Crippen molar-refractivity contribution in [3.63, 3.8) is 0 Å². The molecule has 21 aromatic rings. The molecule has 11 nitrogen and oxygen atoms in total. The van der Waals surface area contributed by atoms with Crippen molar-refractivity contribution in [1.29, 1.82) is 0 Å². The Kier molecular flexibility index (Phi) is 17.7. The minimum atomic E-state index is 0.574. The Morgan fingerprint density at radius 1 is 0.153 bits per heavy atom. The normalized spacial score (nSPS) is 11.2. The smallest absolute Gasteiger partial charge is 0.179 e. The first kappa shape index (κ1) is 66.5. The molecule has 21 rings (SSSR count). The molecule has 12 aromatic carbocycles. The highest BCUT2D eigenvalue weighted by Gasteiger charge is 2.19. The fourth-order valence-corrected chi connectivity index (χ4v) is 15.0. The Labute approximate surface area is 640 Å². The topological polar surface area (TPSA) is 118 Å². The highest BCUT2D eigenvalue weighted by Crippen LogP contribution is 2.39. The predicted octanol–water partition coefficient (Wildman–Crippen LogP) is 24.5. The van der Waals surface area contributed by atoms with Crippen LogP contribution < -0.4 is 0 Å². The average Bonchev–Trinajstić information content (AvgIpc) is 1.61. The molecule has 522 valence electrons. The highest BCUT2D eigenvalue weighted by atomic mass is 15.0. The van der Waals surface area contributed by atoms with E-state index in [0.717, 1.165) is 102 Å². The second-order valence-corrected chi connectivity index (χ2v) is 27.0. The van der Waals surface area contributed by atoms with E-state index in [0.29, 0.717) is 11.6 Å². The third-order valence-corrected chi connectivity index (χ3v) is 20.2. The van der Waals surface area contributed by atoms with Crippen molar-refractivity contribution in [3.05, 3.63) is 407 Å². The first-order valence-corrected chi connectivity index (χ1v) is 37.0. The summed E-state index contributed by atoms with van der Waals surface area (Å²) in [4.78, 5) is 38.0. The van der Waals surface area contributed by atoms with Gasteiger partial charge in [0.05, 0.1) is 78.7 Å². The van der Waals surface area contributed by atoms with Crippen molar-refractivity contribution in [2.45, 2.75) is 0 Å². The van der Waals surface area contributed by atoms with Crippen LogP contribution in [-0.4, -0.2) is 53.6 Å². The van der Waals surface area contributed by atoms with Crippen LogP contribution in [0.3, 0.4) is 0 Å². The highest BCUT2D eigenvalue weighted by molar-refractivity contribution is 6.11. The van der Waals surface area contributed by atoms with Gasteiger partial charge < -0.3 is 13.7 Å². The molecule has 0 radical (unpaired) electrons. The lowest BCUT2D eigenvalue weighted by molar-refractivity contribution is 1.13. The van der Waals surface area contributed by atoms with Gasteiger partial charge in [-0.3, -0.25) is 15.0 Å². The Balaban J connectivity index is 0.000000112. The van der Waals surface area contributed by atoms with Gasteiger partial charge in [-0.15, -0.1) is 0 Å². The first-order chi connectivity index (χ1) is 55.0. The summed E-state index contributed by atoms with van der Waals surface area (Å²) in [7, 11) is 0. The third kappa shape index (κ3) is 13.2. The summed E-state index contributed by atoms with van der Waals surface area (Å²) in [5, 5.41) is 7.56. The maximum absolute atomic E-state index is 5.02. The van der Waals surface area contributed by atoms with Gasteiger partial charge >= 0.3 is 0 Å². The zero-order valence-electron chi connectivity index (χ0n) is 60.1. The molecule has 9 aromatic heterocycles. The maximum Gasteiger partial charge on any atom is 0.179 e. The van der Waals surface area contributed by atoms with Crippen LogP contribution >= 0.6 is 0 Å². The monoisotopic (exact) mass is 1420 g/mol. The van der Waals surface area contributed by atoms with Crippen LogP contribution in [0.15, 0.2) is 407 Å². The van der Waals surface area contributed by atoms with Crippen LogP contribution in [0.1, 0.15) is 0 Å². The summed E-state index contributed by atoms with van der Waals surface area (Å²) in [6, 6.07) is 134. The molecule has 0 bridgehead atoms. The number of para-hydroxylation sites is 6. The maximum atomic E-state index is 5.02. The fraction of sp³-hybridized carbons (Fsp3) is 0. The van der Waals surface area contributed by atoms with E-state index in [4.69, 9.17) is 24.9 Å². The van der Waals surface area contributed by atoms with Gasteiger partial charge in [0.25, 0.3) is 0 Å². The Morgan fingerprint density at radius 2 is 0.414 bits per heavy atom. The molecular formula is C100H67N11. The summed E-state index contributed by atoms with van der Waals surface area (Å²) >= 11 is 0. The standard InChI is InChI=1S/C35H24N2.C33H22N4.C32H21N5/c1-3-11-26(12-4-1)32-23-28(24-33(36-32)27-13-5-2-6-14-27)25-19-21-29(22-20-25)37-34-17-9-7-15-30(34)31-16-8-10-18-35(31)37;1-2-10-24(11-3-1)33-35-29(22-30(36-33)28-14-8-9-21-34-28)23-17-19-25(20-18-23)37-31-15-6-4-12-26(31)27-13-5-7-16-32(27)37;1-3-13-30-24(9-1)25-10-2-4-14-31(25)37(30)23-17-15-22(16-18-23)28-21-29(26-11-5-7-19-33-26)36-32(35-28)27-12-6-8-20-34-27/h1-24H;1-22H;1-21H. The molecule has 0 saturated carbocycles. The molecule has 0 spiro atoms. The van der Waals surface area contributed by atoms with Gasteiger partial charge in [0.15, 0.2) is 11.6 Å². The Bertz CT molecular complexity index is 5890. The molecule has 0 N–H and O–H groups in total. The Hall–Kier alpha value is -15.2. The van der Waals surface area contributed by atoms with Crippen molar-refractivity contribution < 1.29 is 0 Å². The number of hydrogen-bond donors (Lipinski definition) is 0. The summed E-state index contributed by atoms with van der Waals surface area (Å²) in [5.41, 5.74) is 25.7. The van der Waals surface area contributed by atoms with Crippen molar-refractivity contribution in [3.8, 4) is 119 Å². The molecular weight excluding hydrogens is 1360 g/mol. The predicted molar refractivity (Wildman–Crippen MR) is 454 cm³/mol. The van der Waals surface area contributed by atoms with Gasteiger partial charge in [-0.1, -0.05) is 255 Å². The molecule has 9 heterocycles. The molecule has 0 aliphatic carbocycles. The zero-order valence-corrected chi connectivity index (χ0v) is 60.1. The lowest BCUT2D eigenvalue weighted by Crippen LogP contribution is -1.98. The van der Waals surface area contributed by atoms with Crippen LogP contribution in [0.4, 0.5) is 0 Å². The molecule has 11 heteroatoms. The second-order valence-electron chi connectivity index (χ2n) is 27.0. The van der Waals surface area contributed by atoms with E-state index in [1.54, 1.807) is 18.6 Å². The van der Waals surface area contributed by atoms with Crippen LogP contribution in [0.25, 0.3) is 184 Å². The molecule has 111 heavy (non-hydrogen) atoms. The zero-order chi connectivity index (χ0) is 73.8. The number of rotatable bonds is 12. The molecule has 0 fully saturated rings. The summed E-state index contributed by atoms with van der Waals surface area (Å²) in [6.07, 6.45) is 5.32. The molecule has 0 atom stereocenters. The van der Waals surface area contributed by atoms with E-state index >= 15 is 0 Å². The van der Waals surface area contributed by atoms with Crippen LogP contribution in [-0.2, 0) is 0 Å². The summed E-state index contributed by atoms with van der Waals surface area (Å²) < 4.78 is 6.99. The number of pyridine rings is 4. The van der Waals surface area contributed by atoms with Crippen molar-refractivity contribution in [2.24, 2.45) is 0 Å². The lowest BCUT2D eigenvalue weighted by Gasteiger charge is -2.12. The van der Waals surface area contributed by atoms with Crippen molar-refractivity contribution >= 4 is 65.4 Å². The van der Waals surface area contributed by atoms with Gasteiger partial charge in [0, 0.05) is 95.8 Å². The van der Waals surface area contributed by atoms with Gasteiger partial charge in [-0.25, -0.2) is 24.9 Å². The SMILES string of the molecule is c1ccc(-c2cc(-c3ccc(-n4c5ccccc5c5ccccc54)cc3)cc(-c3ccccc3)n2)cc1.c1ccc(-c2cc(-c3ccc(-n4c5ccccc5c5ccccc54)cc3)nc(-c3ccccn3)n2)nc1.c1ccc(-c2nc(-c3ccc(-n4c5ccccc5c5ccccc54)cc3)cc(-c3ccccn3)n2)cc1. The van der Waals surface area contributed by atoms with Crippen LogP contribution in [0.5, 0.6) is 0 Å². The second kappa shape index (κ2) is 29.6. The minimum absolute atomic E-state index is 0.574. The minimum Gasteiger partial charge on any atom is -0.309 e. The molecule has 0 amide bonds. The molecule has 0 aliphatic heterocycles. The van der Waals surface area contributed by atoms with E-state index in [-0.39, 0.29) is 0 Å².